The molecule has 2 N–H and O–H groups in total. The largest absolute Gasteiger partial charge is 0.408 e. The second-order valence-electron chi connectivity index (χ2n) is 9.50. The first-order chi connectivity index (χ1) is 17.6. The quantitative estimate of drug-likeness (QED) is 0.531. The van der Waals surface area contributed by atoms with Crippen molar-refractivity contribution in [3.63, 3.8) is 0 Å². The van der Waals surface area contributed by atoms with Crippen molar-refractivity contribution >= 4 is 28.5 Å². The van der Waals surface area contributed by atoms with Gasteiger partial charge in [-0.1, -0.05) is 6.07 Å². The normalized spacial score (nSPS) is 19.1. The second-order valence-corrected chi connectivity index (χ2v) is 9.50. The lowest BCUT2D eigenvalue weighted by molar-refractivity contribution is -0.183. The molecule has 0 unspecified atom stereocenters. The first-order valence-corrected chi connectivity index (χ1v) is 12.2. The minimum atomic E-state index is -4.50. The van der Waals surface area contributed by atoms with Crippen molar-refractivity contribution in [2.45, 2.75) is 50.4 Å². The van der Waals surface area contributed by atoms with E-state index in [-0.39, 0.29) is 42.4 Å². The number of nitrogen functional groups attached to an aromatic ring is 1. The Bertz CT molecular complexity index is 1330. The zero-order chi connectivity index (χ0) is 26.3. The fraction of sp³-hybridized carbons (Fsp3) is 0.440. The van der Waals surface area contributed by atoms with Gasteiger partial charge in [0.25, 0.3) is 5.91 Å². The fourth-order valence-corrected chi connectivity index (χ4v) is 5.37. The summed E-state index contributed by atoms with van der Waals surface area (Å²) in [5.41, 5.74) is 6.93. The standard InChI is InChI=1S/C25H26F4N6O2/c26-17-3-1-4-18-22(17)23(32-35(18)14-21(36)34-10-2-5-19(34)25(27,28)29)15-7-11-33(12-8-15)24(37)16-6-9-31-20(30)13-16/h1,3-4,6,9,13,15,19H,2,5,7-8,10-12,14H2,(H2,30,31)/t19-/m0/s1. The number of piperidine rings is 1. The van der Waals surface area contributed by atoms with Crippen LogP contribution in [0.5, 0.6) is 0 Å². The molecule has 1 atom stereocenters. The van der Waals surface area contributed by atoms with Crippen LogP contribution in [0.3, 0.4) is 0 Å². The molecular formula is C25H26F4N6O2. The van der Waals surface area contributed by atoms with Gasteiger partial charge in [0.1, 0.15) is 24.2 Å². The maximum absolute atomic E-state index is 15.0. The molecule has 196 valence electrons. The number of aromatic nitrogens is 3. The van der Waals surface area contributed by atoms with Gasteiger partial charge >= 0.3 is 6.18 Å². The van der Waals surface area contributed by atoms with E-state index in [1.165, 1.54) is 29.1 Å². The number of pyridine rings is 1. The van der Waals surface area contributed by atoms with Gasteiger partial charge in [-0.15, -0.1) is 0 Å². The van der Waals surface area contributed by atoms with E-state index in [9.17, 15) is 27.2 Å². The number of likely N-dealkylation sites (tertiary alicyclic amines) is 2. The maximum atomic E-state index is 15.0. The number of halogens is 4. The van der Waals surface area contributed by atoms with E-state index >= 15 is 0 Å². The summed E-state index contributed by atoms with van der Waals surface area (Å²) >= 11 is 0. The number of amides is 2. The first kappa shape index (κ1) is 25.0. The summed E-state index contributed by atoms with van der Waals surface area (Å²) in [6, 6.07) is 5.69. The minimum Gasteiger partial charge on any atom is -0.384 e. The van der Waals surface area contributed by atoms with Crippen molar-refractivity contribution in [2.24, 2.45) is 0 Å². The van der Waals surface area contributed by atoms with Crippen LogP contribution in [0.4, 0.5) is 23.4 Å². The predicted molar refractivity (Wildman–Crippen MR) is 127 cm³/mol. The van der Waals surface area contributed by atoms with Crippen molar-refractivity contribution in [2.75, 3.05) is 25.4 Å². The summed E-state index contributed by atoms with van der Waals surface area (Å²) in [4.78, 5) is 32.2. The molecule has 0 radical (unpaired) electrons. The number of nitrogens with two attached hydrogens (primary N) is 1. The molecule has 5 rings (SSSR count). The molecule has 2 fully saturated rings. The molecule has 2 amide bonds. The van der Waals surface area contributed by atoms with Crippen LogP contribution in [0, 0.1) is 5.82 Å². The highest BCUT2D eigenvalue weighted by atomic mass is 19.4. The van der Waals surface area contributed by atoms with Crippen LogP contribution < -0.4 is 5.73 Å². The third-order valence-corrected chi connectivity index (χ3v) is 7.19. The summed E-state index contributed by atoms with van der Waals surface area (Å²) in [5, 5.41) is 4.79. The van der Waals surface area contributed by atoms with Gasteiger partial charge < -0.3 is 15.5 Å². The fourth-order valence-electron chi connectivity index (χ4n) is 5.37. The highest BCUT2D eigenvalue weighted by Gasteiger charge is 2.47. The average Bonchev–Trinajstić information content (AvgIpc) is 3.50. The van der Waals surface area contributed by atoms with E-state index < -0.39 is 30.5 Å². The Morgan fingerprint density at radius 1 is 1.08 bits per heavy atom. The van der Waals surface area contributed by atoms with E-state index in [0.717, 1.165) is 4.90 Å². The molecule has 8 nitrogen and oxygen atoms in total. The number of nitrogens with zero attached hydrogens (tertiary/aromatic N) is 5. The van der Waals surface area contributed by atoms with Gasteiger partial charge in [0.2, 0.25) is 5.91 Å². The smallest absolute Gasteiger partial charge is 0.384 e. The highest BCUT2D eigenvalue weighted by Crippen LogP contribution is 2.36. The molecule has 0 bridgehead atoms. The lowest BCUT2D eigenvalue weighted by atomic mass is 9.91. The summed E-state index contributed by atoms with van der Waals surface area (Å²) in [6.45, 7) is 0.440. The number of hydrogen-bond acceptors (Lipinski definition) is 5. The molecule has 2 aliphatic rings. The molecule has 2 aromatic heterocycles. The molecule has 2 aliphatic heterocycles. The first-order valence-electron chi connectivity index (χ1n) is 12.2. The van der Waals surface area contributed by atoms with Crippen LogP contribution in [0.1, 0.15) is 47.7 Å². The molecule has 0 aliphatic carbocycles. The Kier molecular flexibility index (Phi) is 6.50. The number of anilines is 1. The van der Waals surface area contributed by atoms with Crippen LogP contribution >= 0.6 is 0 Å². The molecule has 4 heterocycles. The Morgan fingerprint density at radius 3 is 2.54 bits per heavy atom. The van der Waals surface area contributed by atoms with E-state index in [4.69, 9.17) is 5.73 Å². The Balaban J connectivity index is 1.36. The van der Waals surface area contributed by atoms with Crippen molar-refractivity contribution in [1.29, 1.82) is 0 Å². The molecule has 1 aromatic carbocycles. The van der Waals surface area contributed by atoms with Crippen LogP contribution in [0.15, 0.2) is 36.5 Å². The number of carbonyl (C=O) groups is 2. The van der Waals surface area contributed by atoms with Crippen molar-refractivity contribution in [3.8, 4) is 0 Å². The van der Waals surface area contributed by atoms with Gasteiger partial charge in [0.05, 0.1) is 16.6 Å². The molecule has 0 saturated carbocycles. The summed E-state index contributed by atoms with van der Waals surface area (Å²) < 4.78 is 56.4. The van der Waals surface area contributed by atoms with Crippen LogP contribution in [0.2, 0.25) is 0 Å². The van der Waals surface area contributed by atoms with E-state index in [1.807, 2.05) is 0 Å². The van der Waals surface area contributed by atoms with Crippen molar-refractivity contribution < 1.29 is 27.2 Å². The Morgan fingerprint density at radius 2 is 1.84 bits per heavy atom. The molecular weight excluding hydrogens is 492 g/mol. The monoisotopic (exact) mass is 518 g/mol. The lowest BCUT2D eigenvalue weighted by Gasteiger charge is -2.31. The predicted octanol–water partition coefficient (Wildman–Crippen LogP) is 3.73. The number of hydrogen-bond donors (Lipinski definition) is 1. The summed E-state index contributed by atoms with van der Waals surface area (Å²) in [7, 11) is 0. The van der Waals surface area contributed by atoms with Crippen molar-refractivity contribution in [1.82, 2.24) is 24.6 Å². The third kappa shape index (κ3) is 4.84. The van der Waals surface area contributed by atoms with E-state index in [1.54, 1.807) is 17.0 Å². The van der Waals surface area contributed by atoms with Gasteiger partial charge in [0, 0.05) is 37.3 Å². The maximum Gasteiger partial charge on any atom is 0.408 e. The Labute approximate surface area is 210 Å². The molecule has 3 aromatic rings. The van der Waals surface area contributed by atoms with Gasteiger partial charge in [-0.3, -0.25) is 14.3 Å². The molecule has 0 spiro atoms. The van der Waals surface area contributed by atoms with Gasteiger partial charge in [0.15, 0.2) is 0 Å². The van der Waals surface area contributed by atoms with E-state index in [2.05, 4.69) is 10.1 Å². The molecule has 37 heavy (non-hydrogen) atoms. The van der Waals surface area contributed by atoms with Gasteiger partial charge in [-0.2, -0.15) is 18.3 Å². The summed E-state index contributed by atoms with van der Waals surface area (Å²) in [6.07, 6.45) is -1.84. The number of alkyl halides is 3. The SMILES string of the molecule is Nc1cc(C(=O)N2CCC(c3nn(CC(=O)N4CCC[C@H]4C(F)(F)F)c4cccc(F)c34)CC2)ccn1. The topological polar surface area (TPSA) is 97.3 Å². The average molecular weight is 519 g/mol. The lowest BCUT2D eigenvalue weighted by Crippen LogP contribution is -2.45. The number of rotatable bonds is 4. The molecule has 2 saturated heterocycles. The summed E-state index contributed by atoms with van der Waals surface area (Å²) in [5.74, 6) is -1.32. The van der Waals surface area contributed by atoms with Gasteiger partial charge in [-0.05, 0) is 49.9 Å². The van der Waals surface area contributed by atoms with Crippen LogP contribution in [-0.4, -0.2) is 68.2 Å². The zero-order valence-electron chi connectivity index (χ0n) is 19.9. The van der Waals surface area contributed by atoms with E-state index in [0.29, 0.717) is 42.7 Å². The zero-order valence-corrected chi connectivity index (χ0v) is 19.9. The molecule has 12 heteroatoms. The van der Waals surface area contributed by atoms with Crippen molar-refractivity contribution in [3.05, 3.63) is 53.6 Å². The minimum absolute atomic E-state index is 0.0268. The number of carbonyl (C=O) groups excluding carboxylic acids is 2. The number of fused-ring (bicyclic) bond motifs is 1. The second kappa shape index (κ2) is 9.64. The van der Waals surface area contributed by atoms with Gasteiger partial charge in [-0.25, -0.2) is 9.37 Å². The van der Waals surface area contributed by atoms with Crippen LogP contribution in [0.25, 0.3) is 10.9 Å². The van der Waals surface area contributed by atoms with Crippen LogP contribution in [-0.2, 0) is 11.3 Å². The number of benzene rings is 1. The highest BCUT2D eigenvalue weighted by molar-refractivity contribution is 5.95. The third-order valence-electron chi connectivity index (χ3n) is 7.19. The Hall–Kier alpha value is -3.70.